The smallest absolute Gasteiger partial charge is 0.333 e. The molecule has 0 aromatic rings. The molecule has 0 N–H and O–H groups in total. The summed E-state index contributed by atoms with van der Waals surface area (Å²) in [6.45, 7) is 11.1. The number of epoxide rings is 1. The summed E-state index contributed by atoms with van der Waals surface area (Å²) in [5.74, 6) is -0.337. The van der Waals surface area contributed by atoms with Crippen LogP contribution in [0.1, 0.15) is 13.8 Å². The van der Waals surface area contributed by atoms with Crippen LogP contribution in [0.3, 0.4) is 0 Å². The lowest BCUT2D eigenvalue weighted by Gasteiger charge is -1.99. The van der Waals surface area contributed by atoms with Crippen molar-refractivity contribution in [3.63, 3.8) is 0 Å². The number of carbonyl (C=O) groups is 2. The first-order valence-electron chi connectivity index (χ1n) is 4.52. The first-order chi connectivity index (χ1) is 6.97. The molecule has 0 aromatic carbocycles. The third-order valence-corrected chi connectivity index (χ3v) is 1.35. The average molecular weight is 212 g/mol. The topological polar surface area (TPSA) is 55.9 Å². The Bertz CT molecular complexity index is 264. The molecule has 0 amide bonds. The SMILES string of the molecule is C=C(C)C(=O)OCC1CO1.C=C(C)C=O. The van der Waals surface area contributed by atoms with Crippen molar-refractivity contribution >= 4 is 12.3 Å². The molecule has 4 heteroatoms. The number of esters is 1. The predicted octanol–water partition coefficient (Wildman–Crippen LogP) is 1.27. The fourth-order valence-corrected chi connectivity index (χ4v) is 0.456. The molecule has 1 aliphatic heterocycles. The molecule has 1 unspecified atom stereocenters. The van der Waals surface area contributed by atoms with E-state index in [2.05, 4.69) is 13.2 Å². The third-order valence-electron chi connectivity index (χ3n) is 1.35. The third kappa shape index (κ3) is 8.90. The van der Waals surface area contributed by atoms with Crippen molar-refractivity contribution in [1.82, 2.24) is 0 Å². The fraction of sp³-hybridized carbons (Fsp3) is 0.455. The lowest BCUT2D eigenvalue weighted by Crippen LogP contribution is -2.09. The van der Waals surface area contributed by atoms with Gasteiger partial charge in [0.25, 0.3) is 0 Å². The van der Waals surface area contributed by atoms with Crippen LogP contribution in [0.25, 0.3) is 0 Å². The van der Waals surface area contributed by atoms with Crippen molar-refractivity contribution in [1.29, 1.82) is 0 Å². The van der Waals surface area contributed by atoms with Gasteiger partial charge in [0.2, 0.25) is 0 Å². The van der Waals surface area contributed by atoms with Crippen molar-refractivity contribution in [2.75, 3.05) is 13.2 Å². The Balaban J connectivity index is 0.000000336. The molecule has 84 valence electrons. The molecule has 1 fully saturated rings. The molecule has 0 spiro atoms. The van der Waals surface area contributed by atoms with Gasteiger partial charge in [-0.25, -0.2) is 4.79 Å². The first-order valence-corrected chi connectivity index (χ1v) is 4.52. The quantitative estimate of drug-likeness (QED) is 0.305. The van der Waals surface area contributed by atoms with Crippen molar-refractivity contribution in [2.45, 2.75) is 20.0 Å². The van der Waals surface area contributed by atoms with Gasteiger partial charge in [0, 0.05) is 5.57 Å². The second-order valence-electron chi connectivity index (χ2n) is 3.30. The summed E-state index contributed by atoms with van der Waals surface area (Å²) in [6.07, 6.45) is 0.864. The lowest BCUT2D eigenvalue weighted by molar-refractivity contribution is -0.139. The number of rotatable bonds is 4. The van der Waals surface area contributed by atoms with Crippen LogP contribution in [-0.4, -0.2) is 31.6 Å². The maximum absolute atomic E-state index is 10.7. The van der Waals surface area contributed by atoms with Crippen LogP contribution in [0.5, 0.6) is 0 Å². The second kappa shape index (κ2) is 6.95. The zero-order chi connectivity index (χ0) is 11.8. The van der Waals surface area contributed by atoms with Gasteiger partial charge < -0.3 is 9.47 Å². The van der Waals surface area contributed by atoms with Gasteiger partial charge in [-0.2, -0.15) is 0 Å². The molecule has 0 saturated carbocycles. The Kier molecular flexibility index (Phi) is 6.29. The minimum atomic E-state index is -0.337. The number of hydrogen-bond acceptors (Lipinski definition) is 4. The molecule has 1 atom stereocenters. The summed E-state index contributed by atoms with van der Waals surface area (Å²) in [6, 6.07) is 0. The molecule has 1 rings (SSSR count). The lowest BCUT2D eigenvalue weighted by atomic mass is 10.4. The van der Waals surface area contributed by atoms with Crippen LogP contribution in [0.15, 0.2) is 24.3 Å². The highest BCUT2D eigenvalue weighted by molar-refractivity contribution is 5.86. The number of allylic oxidation sites excluding steroid dienone is 1. The molecule has 0 aliphatic carbocycles. The molecule has 0 radical (unpaired) electrons. The van der Waals surface area contributed by atoms with E-state index in [0.717, 1.165) is 6.29 Å². The van der Waals surface area contributed by atoms with Crippen LogP contribution in [0.4, 0.5) is 0 Å². The first kappa shape index (κ1) is 13.6. The van der Waals surface area contributed by atoms with Gasteiger partial charge in [-0.15, -0.1) is 0 Å². The standard InChI is InChI=1S/C7H10O3.C4H6O/c1-5(2)7(8)10-4-6-3-9-6;1-4(2)3-5/h6H,1,3-4H2,2H3;3H,1H2,2H3. The van der Waals surface area contributed by atoms with E-state index in [0.29, 0.717) is 24.4 Å². The van der Waals surface area contributed by atoms with Gasteiger partial charge in [-0.05, 0) is 19.4 Å². The van der Waals surface area contributed by atoms with Gasteiger partial charge in [0.1, 0.15) is 19.0 Å². The van der Waals surface area contributed by atoms with E-state index in [9.17, 15) is 9.59 Å². The molecule has 1 heterocycles. The van der Waals surface area contributed by atoms with Crippen LogP contribution in [-0.2, 0) is 19.1 Å². The van der Waals surface area contributed by atoms with E-state index >= 15 is 0 Å². The number of ether oxygens (including phenoxy) is 2. The van der Waals surface area contributed by atoms with E-state index in [-0.39, 0.29) is 12.1 Å². The summed E-state index contributed by atoms with van der Waals surface area (Å²) in [7, 11) is 0. The van der Waals surface area contributed by atoms with E-state index < -0.39 is 0 Å². The normalized spacial score (nSPS) is 16.8. The minimum absolute atomic E-state index is 0.142. The zero-order valence-corrected chi connectivity index (χ0v) is 9.12. The molecular formula is C11H16O4. The van der Waals surface area contributed by atoms with Gasteiger partial charge in [0.15, 0.2) is 0 Å². The highest BCUT2D eigenvalue weighted by atomic mass is 16.6. The van der Waals surface area contributed by atoms with Crippen LogP contribution < -0.4 is 0 Å². The van der Waals surface area contributed by atoms with E-state index in [1.54, 1.807) is 13.8 Å². The number of aldehydes is 1. The Morgan fingerprint density at radius 2 is 2.00 bits per heavy atom. The average Bonchev–Trinajstić information content (AvgIpc) is 2.98. The molecule has 15 heavy (non-hydrogen) atoms. The molecular weight excluding hydrogens is 196 g/mol. The Labute approximate surface area is 89.6 Å². The highest BCUT2D eigenvalue weighted by Crippen LogP contribution is 2.09. The van der Waals surface area contributed by atoms with Crippen LogP contribution in [0.2, 0.25) is 0 Å². The monoisotopic (exact) mass is 212 g/mol. The van der Waals surface area contributed by atoms with E-state index in [1.165, 1.54) is 0 Å². The summed E-state index contributed by atoms with van der Waals surface area (Å²) < 4.78 is 9.60. The molecule has 1 saturated heterocycles. The Hall–Kier alpha value is -1.42. The Morgan fingerprint density at radius 3 is 2.27 bits per heavy atom. The zero-order valence-electron chi connectivity index (χ0n) is 9.12. The van der Waals surface area contributed by atoms with Crippen LogP contribution >= 0.6 is 0 Å². The molecule has 0 aromatic heterocycles. The number of hydrogen-bond donors (Lipinski definition) is 0. The maximum Gasteiger partial charge on any atom is 0.333 e. The molecule has 0 bridgehead atoms. The van der Waals surface area contributed by atoms with Crippen LogP contribution in [0, 0.1) is 0 Å². The van der Waals surface area contributed by atoms with Gasteiger partial charge in [-0.3, -0.25) is 4.79 Å². The van der Waals surface area contributed by atoms with E-state index in [4.69, 9.17) is 9.47 Å². The minimum Gasteiger partial charge on any atom is -0.459 e. The summed E-state index contributed by atoms with van der Waals surface area (Å²) in [5, 5.41) is 0. The van der Waals surface area contributed by atoms with E-state index in [1.807, 2.05) is 0 Å². The summed E-state index contributed by atoms with van der Waals surface area (Å²) in [4.78, 5) is 20.1. The number of carbonyl (C=O) groups excluding carboxylic acids is 2. The molecule has 1 aliphatic rings. The largest absolute Gasteiger partial charge is 0.459 e. The summed E-state index contributed by atoms with van der Waals surface area (Å²) in [5.41, 5.74) is 1.01. The molecule has 4 nitrogen and oxygen atoms in total. The van der Waals surface area contributed by atoms with Gasteiger partial charge >= 0.3 is 5.97 Å². The predicted molar refractivity (Wildman–Crippen MR) is 56.4 cm³/mol. The second-order valence-corrected chi connectivity index (χ2v) is 3.30. The van der Waals surface area contributed by atoms with Crippen molar-refractivity contribution < 1.29 is 19.1 Å². The van der Waals surface area contributed by atoms with Crippen molar-refractivity contribution in [3.8, 4) is 0 Å². The van der Waals surface area contributed by atoms with Gasteiger partial charge in [-0.1, -0.05) is 13.2 Å². The van der Waals surface area contributed by atoms with Crippen molar-refractivity contribution in [2.24, 2.45) is 0 Å². The summed E-state index contributed by atoms with van der Waals surface area (Å²) >= 11 is 0. The highest BCUT2D eigenvalue weighted by Gasteiger charge is 2.24. The fourth-order valence-electron chi connectivity index (χ4n) is 0.456. The van der Waals surface area contributed by atoms with Crippen molar-refractivity contribution in [3.05, 3.63) is 24.3 Å². The van der Waals surface area contributed by atoms with Gasteiger partial charge in [0.05, 0.1) is 6.61 Å². The maximum atomic E-state index is 10.7. The Morgan fingerprint density at radius 1 is 1.53 bits per heavy atom.